The van der Waals surface area contributed by atoms with E-state index in [2.05, 4.69) is 12.2 Å². The molecular weight excluding hydrogens is 434 g/mol. The quantitative estimate of drug-likeness (QED) is 0.342. The number of unbranched alkanes of at least 4 members (excludes halogenated alkanes) is 1. The Hall–Kier alpha value is -3.09. The summed E-state index contributed by atoms with van der Waals surface area (Å²) in [6.45, 7) is 9.85. The number of benzene rings is 1. The topological polar surface area (TPSA) is 90.9 Å². The number of para-hydroxylation sites is 1. The molecule has 0 spiro atoms. The van der Waals surface area contributed by atoms with Crippen LogP contribution in [-0.2, 0) is 23.9 Å². The van der Waals surface area contributed by atoms with E-state index < -0.39 is 23.8 Å². The van der Waals surface area contributed by atoms with Crippen molar-refractivity contribution < 1.29 is 28.6 Å². The Morgan fingerprint density at radius 1 is 1.21 bits per heavy atom. The summed E-state index contributed by atoms with van der Waals surface area (Å²) >= 11 is 0. The first-order valence-electron chi connectivity index (χ1n) is 12.0. The van der Waals surface area contributed by atoms with Gasteiger partial charge in [0.25, 0.3) is 0 Å². The van der Waals surface area contributed by atoms with Gasteiger partial charge in [-0.3, -0.25) is 9.59 Å². The molecule has 3 rings (SSSR count). The number of rotatable bonds is 8. The van der Waals surface area contributed by atoms with Crippen LogP contribution >= 0.6 is 0 Å². The predicted octanol–water partition coefficient (Wildman–Crippen LogP) is 4.43. The van der Waals surface area contributed by atoms with E-state index in [0.29, 0.717) is 41.2 Å². The molecule has 1 N–H and O–H groups in total. The van der Waals surface area contributed by atoms with Crippen LogP contribution in [0, 0.1) is 11.8 Å². The zero-order valence-corrected chi connectivity index (χ0v) is 20.9. The van der Waals surface area contributed by atoms with E-state index >= 15 is 0 Å². The Morgan fingerprint density at radius 3 is 2.56 bits per heavy atom. The number of ketones is 1. The zero-order valence-electron chi connectivity index (χ0n) is 20.9. The van der Waals surface area contributed by atoms with Gasteiger partial charge in [-0.1, -0.05) is 38.5 Å². The van der Waals surface area contributed by atoms with Gasteiger partial charge in [-0.15, -0.1) is 0 Å². The van der Waals surface area contributed by atoms with Crippen LogP contribution in [0.15, 0.2) is 46.8 Å². The maximum Gasteiger partial charge on any atom is 0.337 e. The predicted molar refractivity (Wildman–Crippen MR) is 128 cm³/mol. The van der Waals surface area contributed by atoms with Gasteiger partial charge in [-0.05, 0) is 45.6 Å². The lowest BCUT2D eigenvalue weighted by Crippen LogP contribution is -2.43. The number of nitrogens with one attached hydrogen (secondary N) is 1. The minimum atomic E-state index is -0.929. The minimum Gasteiger partial charge on any atom is -0.493 e. The second-order valence-electron chi connectivity index (χ2n) is 9.23. The van der Waals surface area contributed by atoms with Crippen molar-refractivity contribution in [2.24, 2.45) is 11.8 Å². The largest absolute Gasteiger partial charge is 0.493 e. The highest BCUT2D eigenvalue weighted by Gasteiger charge is 2.47. The lowest BCUT2D eigenvalue weighted by molar-refractivity contribution is -0.151. The lowest BCUT2D eigenvalue weighted by Gasteiger charge is -2.38. The van der Waals surface area contributed by atoms with Crippen LogP contribution in [0.4, 0.5) is 0 Å². The summed E-state index contributed by atoms with van der Waals surface area (Å²) in [5, 5.41) is 3.28. The van der Waals surface area contributed by atoms with E-state index in [9.17, 15) is 14.4 Å². The Kier molecular flexibility index (Phi) is 8.18. The molecule has 0 fully saturated rings. The van der Waals surface area contributed by atoms with E-state index in [1.807, 2.05) is 38.1 Å². The number of carbonyl (C=O) groups excluding carboxylic acids is 3. The maximum absolute atomic E-state index is 13.8. The normalized spacial score (nSPS) is 22.3. The highest BCUT2D eigenvalue weighted by Crippen LogP contribution is 2.47. The fourth-order valence-electron chi connectivity index (χ4n) is 4.72. The molecule has 184 valence electrons. The fourth-order valence-corrected chi connectivity index (χ4v) is 4.72. The average molecular weight is 470 g/mol. The number of carbonyl (C=O) groups is 3. The Morgan fingerprint density at radius 2 is 1.91 bits per heavy atom. The number of hydrogen-bond acceptors (Lipinski definition) is 7. The highest BCUT2D eigenvalue weighted by atomic mass is 16.5. The second kappa shape index (κ2) is 10.9. The van der Waals surface area contributed by atoms with Gasteiger partial charge in [0, 0.05) is 22.5 Å². The molecule has 7 heteroatoms. The first-order valence-corrected chi connectivity index (χ1v) is 12.0. The summed E-state index contributed by atoms with van der Waals surface area (Å²) in [4.78, 5) is 39.7. The molecular formula is C27H35NO6. The molecule has 0 radical (unpaired) electrons. The Labute approximate surface area is 201 Å². The van der Waals surface area contributed by atoms with Gasteiger partial charge in [-0.25, -0.2) is 4.79 Å². The molecule has 1 aromatic rings. The molecule has 1 aliphatic carbocycles. The number of allylic oxidation sites excluding steroid dienone is 3. The molecule has 0 unspecified atom stereocenters. The van der Waals surface area contributed by atoms with Crippen LogP contribution < -0.4 is 10.1 Å². The standard InChI is InChI=1S/C27H35NO6/c1-7-8-13-33-20-12-10-9-11-18(20)23-22(27(31)34-15(2)3)17(5)28-19-14-16(4)21(26(30)32-6)25(29)24(19)23/h9-12,15-16,21,23,28H,7-8,13-14H2,1-6H3/t16-,21+,23-/m0/s1. The third kappa shape index (κ3) is 5.03. The van der Waals surface area contributed by atoms with E-state index in [-0.39, 0.29) is 17.8 Å². The van der Waals surface area contributed by atoms with Crippen LogP contribution in [0.25, 0.3) is 0 Å². The number of methoxy groups -OCH3 is 1. The van der Waals surface area contributed by atoms with Gasteiger partial charge < -0.3 is 19.5 Å². The van der Waals surface area contributed by atoms with Crippen LogP contribution in [-0.4, -0.2) is 37.5 Å². The second-order valence-corrected chi connectivity index (χ2v) is 9.23. The smallest absolute Gasteiger partial charge is 0.337 e. The van der Waals surface area contributed by atoms with Gasteiger partial charge in [0.1, 0.15) is 11.7 Å². The van der Waals surface area contributed by atoms with Crippen LogP contribution in [0.3, 0.4) is 0 Å². The number of dihydropyridines is 1. The summed E-state index contributed by atoms with van der Waals surface area (Å²) in [6, 6.07) is 7.45. The number of Topliss-reactive ketones (excluding diaryl/α,β-unsaturated/α-hetero) is 1. The summed E-state index contributed by atoms with van der Waals surface area (Å²) in [7, 11) is 1.29. The van der Waals surface area contributed by atoms with Crippen molar-refractivity contribution in [3.8, 4) is 5.75 Å². The summed E-state index contributed by atoms with van der Waals surface area (Å²) in [5.41, 5.74) is 2.82. The SMILES string of the molecule is CCCCOc1ccccc1[C@H]1C(C(=O)OC(C)C)=C(C)NC2=C1C(=O)[C@H](C(=O)OC)[C@@H](C)C2. The molecule has 0 aromatic heterocycles. The minimum absolute atomic E-state index is 0.236. The molecule has 1 aromatic carbocycles. The van der Waals surface area contributed by atoms with E-state index in [4.69, 9.17) is 14.2 Å². The third-order valence-electron chi connectivity index (χ3n) is 6.29. The van der Waals surface area contributed by atoms with Crippen molar-refractivity contribution in [1.29, 1.82) is 0 Å². The fraction of sp³-hybridized carbons (Fsp3) is 0.519. The Bertz CT molecular complexity index is 1020. The molecule has 0 bridgehead atoms. The van der Waals surface area contributed by atoms with Gasteiger partial charge in [0.05, 0.1) is 31.3 Å². The van der Waals surface area contributed by atoms with Crippen LogP contribution in [0.1, 0.15) is 65.4 Å². The number of esters is 2. The molecule has 1 heterocycles. The van der Waals surface area contributed by atoms with Crippen molar-refractivity contribution in [3.63, 3.8) is 0 Å². The molecule has 0 saturated carbocycles. The summed E-state index contributed by atoms with van der Waals surface area (Å²) in [6.07, 6.45) is 2.02. The van der Waals surface area contributed by atoms with Crippen molar-refractivity contribution >= 4 is 17.7 Å². The molecule has 0 amide bonds. The molecule has 2 aliphatic rings. The molecule has 34 heavy (non-hydrogen) atoms. The van der Waals surface area contributed by atoms with Gasteiger partial charge >= 0.3 is 11.9 Å². The zero-order chi connectivity index (χ0) is 25.0. The van der Waals surface area contributed by atoms with Crippen molar-refractivity contribution in [2.75, 3.05) is 13.7 Å². The monoisotopic (exact) mass is 469 g/mol. The van der Waals surface area contributed by atoms with Gasteiger partial charge in [-0.2, -0.15) is 0 Å². The third-order valence-corrected chi connectivity index (χ3v) is 6.29. The van der Waals surface area contributed by atoms with E-state index in [1.165, 1.54) is 7.11 Å². The van der Waals surface area contributed by atoms with Crippen molar-refractivity contribution in [3.05, 3.63) is 52.4 Å². The first kappa shape index (κ1) is 25.5. The van der Waals surface area contributed by atoms with E-state index in [1.54, 1.807) is 13.8 Å². The van der Waals surface area contributed by atoms with Gasteiger partial charge in [0.2, 0.25) is 0 Å². The maximum atomic E-state index is 13.8. The highest BCUT2D eigenvalue weighted by molar-refractivity contribution is 6.12. The summed E-state index contributed by atoms with van der Waals surface area (Å²) in [5.74, 6) is -2.66. The van der Waals surface area contributed by atoms with Crippen LogP contribution in [0.5, 0.6) is 5.75 Å². The number of hydrogen-bond donors (Lipinski definition) is 1. The van der Waals surface area contributed by atoms with E-state index in [0.717, 1.165) is 18.5 Å². The molecule has 0 saturated heterocycles. The van der Waals surface area contributed by atoms with Gasteiger partial charge in [0.15, 0.2) is 5.78 Å². The Balaban J connectivity index is 2.19. The molecule has 3 atom stereocenters. The van der Waals surface area contributed by atoms with Crippen molar-refractivity contribution in [1.82, 2.24) is 5.32 Å². The summed E-state index contributed by atoms with van der Waals surface area (Å²) < 4.78 is 16.6. The average Bonchev–Trinajstić information content (AvgIpc) is 2.77. The molecule has 7 nitrogen and oxygen atoms in total. The van der Waals surface area contributed by atoms with Crippen LogP contribution in [0.2, 0.25) is 0 Å². The lowest BCUT2D eigenvalue weighted by atomic mass is 9.69. The molecule has 1 aliphatic heterocycles. The number of ether oxygens (including phenoxy) is 3. The van der Waals surface area contributed by atoms with Crippen molar-refractivity contribution in [2.45, 2.75) is 65.9 Å². The first-order chi connectivity index (χ1) is 16.2.